The van der Waals surface area contributed by atoms with E-state index in [-0.39, 0.29) is 17.1 Å². The van der Waals surface area contributed by atoms with Crippen molar-refractivity contribution in [3.8, 4) is 11.5 Å². The number of alkyl halides is 2. The van der Waals surface area contributed by atoms with Crippen molar-refractivity contribution in [2.75, 3.05) is 0 Å². The molecular formula is C9H10F2O3. The van der Waals surface area contributed by atoms with Gasteiger partial charge < -0.3 is 15.3 Å². The van der Waals surface area contributed by atoms with Gasteiger partial charge in [-0.05, 0) is 24.6 Å². The average Bonchev–Trinajstić information content (AvgIpc) is 2.01. The van der Waals surface area contributed by atoms with Crippen LogP contribution in [0.3, 0.4) is 0 Å². The lowest BCUT2D eigenvalue weighted by molar-refractivity contribution is -0.0884. The van der Waals surface area contributed by atoms with Gasteiger partial charge in [-0.25, -0.2) is 8.78 Å². The average molecular weight is 204 g/mol. The third-order valence-electron chi connectivity index (χ3n) is 1.91. The Labute approximate surface area is 79.2 Å². The second kappa shape index (κ2) is 3.42. The standard InChI is InChI=1S/C9H10F2O3/c1-9(14,8(10)11)5-2-6(12)4-7(13)3-5/h2-4,8,12-14H,1H3. The molecule has 0 fully saturated rings. The Morgan fingerprint density at radius 2 is 1.57 bits per heavy atom. The molecule has 14 heavy (non-hydrogen) atoms. The van der Waals surface area contributed by atoms with Crippen LogP contribution in [0.25, 0.3) is 0 Å². The predicted octanol–water partition coefficient (Wildman–Crippen LogP) is 1.57. The fourth-order valence-electron chi connectivity index (χ4n) is 1.01. The molecule has 0 spiro atoms. The first kappa shape index (κ1) is 10.7. The molecule has 78 valence electrons. The molecule has 1 rings (SSSR count). The lowest BCUT2D eigenvalue weighted by Crippen LogP contribution is -2.30. The van der Waals surface area contributed by atoms with Crippen LogP contribution in [0, 0.1) is 0 Å². The first-order chi connectivity index (χ1) is 6.34. The number of hydrogen-bond donors (Lipinski definition) is 3. The zero-order valence-electron chi connectivity index (χ0n) is 7.41. The van der Waals surface area contributed by atoms with Gasteiger partial charge >= 0.3 is 0 Å². The molecule has 0 heterocycles. The Morgan fingerprint density at radius 1 is 1.14 bits per heavy atom. The molecule has 0 aliphatic carbocycles. The van der Waals surface area contributed by atoms with Gasteiger partial charge in [-0.1, -0.05) is 0 Å². The highest BCUT2D eigenvalue weighted by Gasteiger charge is 2.34. The van der Waals surface area contributed by atoms with E-state index in [1.54, 1.807) is 0 Å². The molecule has 0 aromatic heterocycles. The normalized spacial score (nSPS) is 15.5. The SMILES string of the molecule is CC(O)(c1cc(O)cc(O)c1)C(F)F. The first-order valence-corrected chi connectivity index (χ1v) is 3.88. The zero-order valence-corrected chi connectivity index (χ0v) is 7.41. The van der Waals surface area contributed by atoms with E-state index in [0.29, 0.717) is 0 Å². The van der Waals surface area contributed by atoms with Crippen LogP contribution in [-0.4, -0.2) is 21.7 Å². The highest BCUT2D eigenvalue weighted by Crippen LogP contribution is 2.32. The Kier molecular flexibility index (Phi) is 2.62. The molecule has 0 aliphatic rings. The van der Waals surface area contributed by atoms with E-state index in [2.05, 4.69) is 0 Å². The van der Waals surface area contributed by atoms with Gasteiger partial charge in [0.05, 0.1) is 0 Å². The van der Waals surface area contributed by atoms with Crippen molar-refractivity contribution in [2.45, 2.75) is 19.0 Å². The predicted molar refractivity (Wildman–Crippen MR) is 45.3 cm³/mol. The molecule has 0 saturated heterocycles. The number of phenols is 2. The molecular weight excluding hydrogens is 194 g/mol. The molecule has 3 N–H and O–H groups in total. The van der Waals surface area contributed by atoms with E-state index in [1.165, 1.54) is 0 Å². The van der Waals surface area contributed by atoms with E-state index < -0.39 is 12.0 Å². The molecule has 1 aromatic carbocycles. The van der Waals surface area contributed by atoms with Crippen LogP contribution in [-0.2, 0) is 5.60 Å². The van der Waals surface area contributed by atoms with Crippen LogP contribution < -0.4 is 0 Å². The van der Waals surface area contributed by atoms with E-state index in [1.807, 2.05) is 0 Å². The van der Waals surface area contributed by atoms with Gasteiger partial charge in [0.1, 0.15) is 17.1 Å². The second-order valence-corrected chi connectivity index (χ2v) is 3.19. The molecule has 0 amide bonds. The third-order valence-corrected chi connectivity index (χ3v) is 1.91. The summed E-state index contributed by atoms with van der Waals surface area (Å²) >= 11 is 0. The van der Waals surface area contributed by atoms with Crippen molar-refractivity contribution in [3.63, 3.8) is 0 Å². The molecule has 0 saturated carbocycles. The number of hydrogen-bond acceptors (Lipinski definition) is 3. The molecule has 3 nitrogen and oxygen atoms in total. The summed E-state index contributed by atoms with van der Waals surface area (Å²) in [4.78, 5) is 0. The van der Waals surface area contributed by atoms with Gasteiger partial charge in [0.15, 0.2) is 0 Å². The summed E-state index contributed by atoms with van der Waals surface area (Å²) in [5, 5.41) is 27.4. The summed E-state index contributed by atoms with van der Waals surface area (Å²) < 4.78 is 24.7. The van der Waals surface area contributed by atoms with Crippen molar-refractivity contribution >= 4 is 0 Å². The van der Waals surface area contributed by atoms with Crippen molar-refractivity contribution in [2.24, 2.45) is 0 Å². The lowest BCUT2D eigenvalue weighted by atomic mass is 9.96. The second-order valence-electron chi connectivity index (χ2n) is 3.19. The Bertz CT molecular complexity index is 317. The molecule has 0 aliphatic heterocycles. The van der Waals surface area contributed by atoms with Gasteiger partial charge in [-0.15, -0.1) is 0 Å². The summed E-state index contributed by atoms with van der Waals surface area (Å²) in [6, 6.07) is 2.95. The van der Waals surface area contributed by atoms with Gasteiger partial charge in [0, 0.05) is 6.07 Å². The number of aromatic hydroxyl groups is 2. The smallest absolute Gasteiger partial charge is 0.270 e. The van der Waals surface area contributed by atoms with E-state index in [0.717, 1.165) is 25.1 Å². The molecule has 5 heteroatoms. The zero-order chi connectivity index (χ0) is 10.9. The quantitative estimate of drug-likeness (QED) is 0.685. The van der Waals surface area contributed by atoms with Crippen LogP contribution in [0.5, 0.6) is 11.5 Å². The Morgan fingerprint density at radius 3 is 1.93 bits per heavy atom. The maximum atomic E-state index is 12.3. The minimum absolute atomic E-state index is 0.231. The summed E-state index contributed by atoms with van der Waals surface area (Å²) in [5.41, 5.74) is -2.61. The first-order valence-electron chi connectivity index (χ1n) is 3.88. The van der Waals surface area contributed by atoms with Crippen LogP contribution in [0.1, 0.15) is 12.5 Å². The molecule has 1 aromatic rings. The third kappa shape index (κ3) is 1.93. The lowest BCUT2D eigenvalue weighted by Gasteiger charge is -2.22. The molecule has 1 unspecified atom stereocenters. The Hall–Kier alpha value is -1.36. The minimum atomic E-state index is -3.00. The fraction of sp³-hybridized carbons (Fsp3) is 0.333. The maximum absolute atomic E-state index is 12.3. The van der Waals surface area contributed by atoms with Gasteiger partial charge in [-0.3, -0.25) is 0 Å². The summed E-state index contributed by atoms with van der Waals surface area (Å²) in [6.07, 6.45) is -3.00. The number of rotatable bonds is 2. The maximum Gasteiger partial charge on any atom is 0.270 e. The summed E-state index contributed by atoms with van der Waals surface area (Å²) in [6.45, 7) is 0.909. The van der Waals surface area contributed by atoms with Crippen molar-refractivity contribution < 1.29 is 24.1 Å². The number of halogens is 2. The largest absolute Gasteiger partial charge is 0.508 e. The highest BCUT2D eigenvalue weighted by molar-refractivity contribution is 5.39. The van der Waals surface area contributed by atoms with Crippen molar-refractivity contribution in [1.82, 2.24) is 0 Å². The molecule has 1 atom stereocenters. The topological polar surface area (TPSA) is 60.7 Å². The number of aliphatic hydroxyl groups is 1. The summed E-state index contributed by atoms with van der Waals surface area (Å²) in [7, 11) is 0. The molecule has 0 radical (unpaired) electrons. The van der Waals surface area contributed by atoms with Crippen LogP contribution >= 0.6 is 0 Å². The van der Waals surface area contributed by atoms with E-state index in [9.17, 15) is 13.9 Å². The summed E-state index contributed by atoms with van der Waals surface area (Å²) in [5.74, 6) is -0.748. The fourth-order valence-corrected chi connectivity index (χ4v) is 1.01. The van der Waals surface area contributed by atoms with Crippen LogP contribution in [0.4, 0.5) is 8.78 Å². The molecule has 0 bridgehead atoms. The van der Waals surface area contributed by atoms with Gasteiger partial charge in [0.25, 0.3) is 6.43 Å². The van der Waals surface area contributed by atoms with Crippen molar-refractivity contribution in [3.05, 3.63) is 23.8 Å². The van der Waals surface area contributed by atoms with Gasteiger partial charge in [0.2, 0.25) is 0 Å². The Balaban J connectivity index is 3.18. The van der Waals surface area contributed by atoms with Crippen LogP contribution in [0.2, 0.25) is 0 Å². The van der Waals surface area contributed by atoms with Crippen LogP contribution in [0.15, 0.2) is 18.2 Å². The highest BCUT2D eigenvalue weighted by atomic mass is 19.3. The van der Waals surface area contributed by atoms with E-state index in [4.69, 9.17) is 10.2 Å². The number of benzene rings is 1. The van der Waals surface area contributed by atoms with Gasteiger partial charge in [-0.2, -0.15) is 0 Å². The monoisotopic (exact) mass is 204 g/mol. The minimum Gasteiger partial charge on any atom is -0.508 e. The van der Waals surface area contributed by atoms with E-state index >= 15 is 0 Å². The van der Waals surface area contributed by atoms with Crippen molar-refractivity contribution in [1.29, 1.82) is 0 Å². The number of phenolic OH excluding ortho intramolecular Hbond substituents is 2.